The topological polar surface area (TPSA) is 76.8 Å². The Morgan fingerprint density at radius 2 is 2.19 bits per heavy atom. The van der Waals surface area contributed by atoms with Gasteiger partial charge in [-0.15, -0.1) is 0 Å². The molecule has 0 radical (unpaired) electrons. The van der Waals surface area contributed by atoms with Crippen molar-refractivity contribution in [3.05, 3.63) is 35.6 Å². The molecule has 2 saturated heterocycles. The highest BCUT2D eigenvalue weighted by atomic mass is 19.1. The number of halogens is 1. The molecule has 0 bridgehead atoms. The predicted octanol–water partition coefficient (Wildman–Crippen LogP) is 3.86. The Balaban J connectivity index is 1.54. The van der Waals surface area contributed by atoms with Gasteiger partial charge < -0.3 is 25.4 Å². The van der Waals surface area contributed by atoms with Crippen LogP contribution in [0.25, 0.3) is 0 Å². The van der Waals surface area contributed by atoms with E-state index in [1.165, 1.54) is 6.07 Å². The van der Waals surface area contributed by atoms with E-state index in [4.69, 9.17) is 15.2 Å². The second-order valence-electron chi connectivity index (χ2n) is 9.27. The molecule has 1 unspecified atom stereocenters. The molecule has 0 aromatic heterocycles. The summed E-state index contributed by atoms with van der Waals surface area (Å²) >= 11 is 0. The van der Waals surface area contributed by atoms with E-state index in [2.05, 4.69) is 5.32 Å². The molecule has 0 aliphatic carbocycles. The zero-order valence-electron chi connectivity index (χ0n) is 18.9. The van der Waals surface area contributed by atoms with Gasteiger partial charge in [0.15, 0.2) is 0 Å². The van der Waals surface area contributed by atoms with Crippen LogP contribution in [0.4, 0.5) is 9.18 Å². The van der Waals surface area contributed by atoms with Crippen molar-refractivity contribution in [2.75, 3.05) is 32.8 Å². The van der Waals surface area contributed by atoms with E-state index in [-0.39, 0.29) is 36.0 Å². The Bertz CT molecular complexity index is 696. The molecule has 2 aliphatic heterocycles. The van der Waals surface area contributed by atoms with E-state index >= 15 is 0 Å². The number of benzene rings is 1. The minimum atomic E-state index is -0.266. The van der Waals surface area contributed by atoms with Gasteiger partial charge in [-0.3, -0.25) is 0 Å². The first-order chi connectivity index (χ1) is 14.9. The third-order valence-electron chi connectivity index (χ3n) is 6.18. The summed E-state index contributed by atoms with van der Waals surface area (Å²) in [6, 6.07) is 6.46. The molecule has 6 nitrogen and oxygen atoms in total. The third-order valence-corrected chi connectivity index (χ3v) is 6.18. The fourth-order valence-corrected chi connectivity index (χ4v) is 4.72. The first-order valence-electron chi connectivity index (χ1n) is 11.7. The molecule has 174 valence electrons. The van der Waals surface area contributed by atoms with Gasteiger partial charge in [-0.05, 0) is 69.6 Å². The molecule has 3 rings (SSSR count). The van der Waals surface area contributed by atoms with Gasteiger partial charge in [0.1, 0.15) is 5.82 Å². The summed E-state index contributed by atoms with van der Waals surface area (Å²) in [5.74, 6) is 0.342. The number of likely N-dealkylation sites (tertiary alicyclic amines) is 1. The van der Waals surface area contributed by atoms with Crippen LogP contribution >= 0.6 is 0 Å². The summed E-state index contributed by atoms with van der Waals surface area (Å²) in [7, 11) is 0. The normalized spacial score (nSPS) is 24.1. The van der Waals surface area contributed by atoms with Crippen LogP contribution in [-0.2, 0) is 9.47 Å². The van der Waals surface area contributed by atoms with Crippen LogP contribution in [-0.4, -0.2) is 55.9 Å². The van der Waals surface area contributed by atoms with Gasteiger partial charge in [0.25, 0.3) is 0 Å². The highest BCUT2D eigenvalue weighted by molar-refractivity contribution is 5.74. The van der Waals surface area contributed by atoms with Crippen molar-refractivity contribution in [3.8, 4) is 0 Å². The number of nitrogens with zero attached hydrogens (tertiary/aromatic N) is 1. The summed E-state index contributed by atoms with van der Waals surface area (Å²) in [6.45, 7) is 7.35. The summed E-state index contributed by atoms with van der Waals surface area (Å²) in [5.41, 5.74) is 7.09. The maximum Gasteiger partial charge on any atom is 0.317 e. The van der Waals surface area contributed by atoms with Crippen molar-refractivity contribution in [2.45, 2.75) is 64.2 Å². The smallest absolute Gasteiger partial charge is 0.317 e. The van der Waals surface area contributed by atoms with Gasteiger partial charge >= 0.3 is 6.03 Å². The van der Waals surface area contributed by atoms with Gasteiger partial charge in [-0.2, -0.15) is 0 Å². The molecule has 0 saturated carbocycles. The number of hydrogen-bond donors (Lipinski definition) is 2. The highest BCUT2D eigenvalue weighted by Gasteiger charge is 2.32. The lowest BCUT2D eigenvalue weighted by Crippen LogP contribution is -2.49. The molecule has 1 aromatic carbocycles. The number of carbonyl (C=O) groups is 1. The maximum absolute atomic E-state index is 13.8. The van der Waals surface area contributed by atoms with E-state index in [0.29, 0.717) is 25.6 Å². The number of carbonyl (C=O) groups excluding carboxylic acids is 1. The molecule has 0 spiro atoms. The van der Waals surface area contributed by atoms with Crippen molar-refractivity contribution in [2.24, 2.45) is 17.6 Å². The van der Waals surface area contributed by atoms with Crippen molar-refractivity contribution in [3.63, 3.8) is 0 Å². The highest BCUT2D eigenvalue weighted by Crippen LogP contribution is 2.34. The molecule has 2 fully saturated rings. The Morgan fingerprint density at radius 1 is 1.35 bits per heavy atom. The summed E-state index contributed by atoms with van der Waals surface area (Å²) in [5, 5.41) is 3.01. The number of urea groups is 1. The van der Waals surface area contributed by atoms with E-state index in [0.717, 1.165) is 50.9 Å². The molecule has 2 amide bonds. The standard InChI is InChI=1S/C24H38FN3O3/c1-17(2)31-23(19-7-3-9-21(25)13-19)20-8-4-10-28(15-20)24(29)27-14-22(26)12-18-6-5-11-30-16-18/h3,7,9,13,17-18,20,22-23H,4-6,8,10-12,14-16,26H2,1-2H3,(H,27,29)/t18-,20-,22-,23?/m1/s1. The van der Waals surface area contributed by atoms with Crippen LogP contribution in [0.2, 0.25) is 0 Å². The molecule has 4 atom stereocenters. The lowest BCUT2D eigenvalue weighted by molar-refractivity contribution is -0.0434. The quantitative estimate of drug-likeness (QED) is 0.650. The van der Waals surface area contributed by atoms with Crippen LogP contribution in [0.15, 0.2) is 24.3 Å². The van der Waals surface area contributed by atoms with Crippen LogP contribution < -0.4 is 11.1 Å². The van der Waals surface area contributed by atoms with Crippen molar-refractivity contribution >= 4 is 6.03 Å². The zero-order valence-corrected chi connectivity index (χ0v) is 18.9. The van der Waals surface area contributed by atoms with Crippen LogP contribution in [0.1, 0.15) is 57.6 Å². The monoisotopic (exact) mass is 435 g/mol. The number of hydrogen-bond acceptors (Lipinski definition) is 4. The van der Waals surface area contributed by atoms with Gasteiger partial charge in [0, 0.05) is 44.8 Å². The number of nitrogens with two attached hydrogens (primary N) is 1. The number of amides is 2. The summed E-state index contributed by atoms with van der Waals surface area (Å²) in [4.78, 5) is 14.7. The minimum absolute atomic E-state index is 0.0132. The van der Waals surface area contributed by atoms with E-state index < -0.39 is 0 Å². The third kappa shape index (κ3) is 7.44. The van der Waals surface area contributed by atoms with Crippen molar-refractivity contribution < 1.29 is 18.7 Å². The van der Waals surface area contributed by atoms with Gasteiger partial charge in [0.2, 0.25) is 0 Å². The van der Waals surface area contributed by atoms with Crippen LogP contribution in [0.3, 0.4) is 0 Å². The number of piperidine rings is 1. The molecular weight excluding hydrogens is 397 g/mol. The maximum atomic E-state index is 13.8. The molecule has 3 N–H and O–H groups in total. The average Bonchev–Trinajstić information content (AvgIpc) is 2.76. The predicted molar refractivity (Wildman–Crippen MR) is 119 cm³/mol. The Morgan fingerprint density at radius 3 is 2.90 bits per heavy atom. The first-order valence-corrected chi connectivity index (χ1v) is 11.7. The Kier molecular flexibility index (Phi) is 9.11. The van der Waals surface area contributed by atoms with Crippen molar-refractivity contribution in [1.82, 2.24) is 10.2 Å². The Hall–Kier alpha value is -1.70. The Labute approximate surface area is 185 Å². The number of nitrogens with one attached hydrogen (secondary N) is 1. The van der Waals surface area contributed by atoms with E-state index in [1.54, 1.807) is 12.1 Å². The minimum Gasteiger partial charge on any atom is -0.381 e. The fraction of sp³-hybridized carbons (Fsp3) is 0.708. The fourth-order valence-electron chi connectivity index (χ4n) is 4.72. The second kappa shape index (κ2) is 11.8. The SMILES string of the molecule is CC(C)OC(c1cccc(F)c1)[C@@H]1CCCN(C(=O)NC[C@H](N)C[C@H]2CCCOC2)C1. The summed E-state index contributed by atoms with van der Waals surface area (Å²) in [6.07, 6.45) is 4.72. The molecule has 2 aliphatic rings. The molecule has 31 heavy (non-hydrogen) atoms. The average molecular weight is 436 g/mol. The van der Waals surface area contributed by atoms with Crippen LogP contribution in [0, 0.1) is 17.7 Å². The zero-order chi connectivity index (χ0) is 22.2. The lowest BCUT2D eigenvalue weighted by Gasteiger charge is -2.38. The first kappa shape index (κ1) is 24.0. The van der Waals surface area contributed by atoms with Crippen LogP contribution in [0.5, 0.6) is 0 Å². The largest absolute Gasteiger partial charge is 0.381 e. The second-order valence-corrected chi connectivity index (χ2v) is 9.27. The molecule has 7 heteroatoms. The van der Waals surface area contributed by atoms with Gasteiger partial charge in [-0.1, -0.05) is 12.1 Å². The van der Waals surface area contributed by atoms with Gasteiger partial charge in [-0.25, -0.2) is 9.18 Å². The summed E-state index contributed by atoms with van der Waals surface area (Å²) < 4.78 is 25.5. The molecule has 1 aromatic rings. The number of rotatable bonds is 8. The molecular formula is C24H38FN3O3. The lowest BCUT2D eigenvalue weighted by atomic mass is 9.88. The van der Waals surface area contributed by atoms with Gasteiger partial charge in [0.05, 0.1) is 12.2 Å². The van der Waals surface area contributed by atoms with E-state index in [1.807, 2.05) is 24.8 Å². The van der Waals surface area contributed by atoms with E-state index in [9.17, 15) is 9.18 Å². The molecule has 2 heterocycles. The number of ether oxygens (including phenoxy) is 2. The van der Waals surface area contributed by atoms with Crippen molar-refractivity contribution in [1.29, 1.82) is 0 Å².